The largest absolute Gasteiger partial charge is 0.340 e. The van der Waals surface area contributed by atoms with E-state index in [4.69, 9.17) is 0 Å². The summed E-state index contributed by atoms with van der Waals surface area (Å²) in [6, 6.07) is 17.8. The molecule has 8 heteroatoms. The van der Waals surface area contributed by atoms with Gasteiger partial charge in [0.25, 0.3) is 0 Å². The van der Waals surface area contributed by atoms with Gasteiger partial charge in [0.05, 0.1) is 5.75 Å². The standard InChI is InChI=1S/C24H30BrN3O3S/c25-23-8-6-21(7-9-23)19-32(30,31)28-12-10-22(11-13-28)24(29)27-16-14-26(15-17-27)18-20-4-2-1-3-5-20/h1-9,22H,10-19H2. The molecule has 1 amide bonds. The van der Waals surface area contributed by atoms with E-state index in [0.29, 0.717) is 25.9 Å². The van der Waals surface area contributed by atoms with Crippen molar-refractivity contribution in [3.63, 3.8) is 0 Å². The highest BCUT2D eigenvalue weighted by Crippen LogP contribution is 2.24. The molecule has 172 valence electrons. The van der Waals surface area contributed by atoms with Gasteiger partial charge in [-0.05, 0) is 36.1 Å². The van der Waals surface area contributed by atoms with Crippen molar-refractivity contribution in [2.75, 3.05) is 39.3 Å². The zero-order valence-electron chi connectivity index (χ0n) is 18.2. The smallest absolute Gasteiger partial charge is 0.225 e. The maximum absolute atomic E-state index is 13.0. The Morgan fingerprint density at radius 1 is 0.844 bits per heavy atom. The minimum Gasteiger partial charge on any atom is -0.340 e. The number of nitrogens with zero attached hydrogens (tertiary/aromatic N) is 3. The van der Waals surface area contributed by atoms with Crippen molar-refractivity contribution in [3.05, 3.63) is 70.2 Å². The Balaban J connectivity index is 1.24. The Labute approximate surface area is 199 Å². The molecule has 2 aromatic rings. The summed E-state index contributed by atoms with van der Waals surface area (Å²) in [6.07, 6.45) is 1.20. The molecule has 0 aliphatic carbocycles. The van der Waals surface area contributed by atoms with Crippen LogP contribution in [0.15, 0.2) is 59.1 Å². The molecule has 2 aliphatic heterocycles. The molecular weight excluding hydrogens is 490 g/mol. The Morgan fingerprint density at radius 3 is 2.09 bits per heavy atom. The van der Waals surface area contributed by atoms with E-state index in [1.807, 2.05) is 35.2 Å². The first-order chi connectivity index (χ1) is 15.4. The van der Waals surface area contributed by atoms with E-state index >= 15 is 0 Å². The van der Waals surface area contributed by atoms with Crippen molar-refractivity contribution in [2.24, 2.45) is 5.92 Å². The number of amides is 1. The predicted octanol–water partition coefficient (Wildman–Crippen LogP) is 3.34. The molecule has 0 saturated carbocycles. The van der Waals surface area contributed by atoms with Crippen LogP contribution in [0.1, 0.15) is 24.0 Å². The van der Waals surface area contributed by atoms with Gasteiger partial charge in [-0.15, -0.1) is 0 Å². The number of hydrogen-bond acceptors (Lipinski definition) is 4. The minimum absolute atomic E-state index is 0.00225. The number of sulfonamides is 1. The fourth-order valence-electron chi connectivity index (χ4n) is 4.49. The number of rotatable bonds is 6. The third kappa shape index (κ3) is 5.98. The molecule has 0 spiro atoms. The fourth-order valence-corrected chi connectivity index (χ4v) is 6.32. The van der Waals surface area contributed by atoms with Crippen LogP contribution in [0.5, 0.6) is 0 Å². The van der Waals surface area contributed by atoms with Gasteiger partial charge in [0.15, 0.2) is 0 Å². The number of carbonyl (C=O) groups is 1. The van der Waals surface area contributed by atoms with Crippen LogP contribution in [0.4, 0.5) is 0 Å². The van der Waals surface area contributed by atoms with E-state index in [9.17, 15) is 13.2 Å². The molecule has 32 heavy (non-hydrogen) atoms. The van der Waals surface area contributed by atoms with E-state index in [1.54, 1.807) is 4.31 Å². The molecule has 0 unspecified atom stereocenters. The Kier molecular flexibility index (Phi) is 7.66. The summed E-state index contributed by atoms with van der Waals surface area (Å²) in [7, 11) is -3.37. The Morgan fingerprint density at radius 2 is 1.47 bits per heavy atom. The highest BCUT2D eigenvalue weighted by molar-refractivity contribution is 9.10. The van der Waals surface area contributed by atoms with Gasteiger partial charge in [0, 0.05) is 56.2 Å². The van der Waals surface area contributed by atoms with Gasteiger partial charge in [-0.1, -0.05) is 58.4 Å². The monoisotopic (exact) mass is 519 g/mol. The van der Waals surface area contributed by atoms with Gasteiger partial charge in [-0.3, -0.25) is 9.69 Å². The number of piperazine rings is 1. The lowest BCUT2D eigenvalue weighted by atomic mass is 9.96. The molecule has 0 radical (unpaired) electrons. The second-order valence-electron chi connectivity index (χ2n) is 8.64. The van der Waals surface area contributed by atoms with E-state index in [-0.39, 0.29) is 17.6 Å². The number of piperidine rings is 1. The van der Waals surface area contributed by atoms with Crippen molar-refractivity contribution >= 4 is 31.9 Å². The molecule has 2 aromatic carbocycles. The molecule has 6 nitrogen and oxygen atoms in total. The maximum atomic E-state index is 13.0. The summed E-state index contributed by atoms with van der Waals surface area (Å²) < 4.78 is 28.1. The Hall–Kier alpha value is -1.74. The molecule has 2 aliphatic rings. The zero-order chi connectivity index (χ0) is 22.6. The number of benzene rings is 2. The van der Waals surface area contributed by atoms with E-state index in [2.05, 4.69) is 45.1 Å². The number of carbonyl (C=O) groups excluding carboxylic acids is 1. The molecule has 2 saturated heterocycles. The summed E-state index contributed by atoms with van der Waals surface area (Å²) in [6.45, 7) is 4.99. The second-order valence-corrected chi connectivity index (χ2v) is 11.5. The highest BCUT2D eigenvalue weighted by atomic mass is 79.9. The number of hydrogen-bond donors (Lipinski definition) is 0. The lowest BCUT2D eigenvalue weighted by Crippen LogP contribution is -2.51. The van der Waals surface area contributed by atoms with E-state index in [0.717, 1.165) is 42.8 Å². The molecular formula is C24H30BrN3O3S. The zero-order valence-corrected chi connectivity index (χ0v) is 20.6. The third-order valence-electron chi connectivity index (χ3n) is 6.39. The molecule has 2 heterocycles. The fraction of sp³-hybridized carbons (Fsp3) is 0.458. The van der Waals surface area contributed by atoms with Crippen molar-refractivity contribution in [2.45, 2.75) is 25.1 Å². The van der Waals surface area contributed by atoms with Gasteiger partial charge in [0.1, 0.15) is 0 Å². The van der Waals surface area contributed by atoms with Crippen molar-refractivity contribution in [1.29, 1.82) is 0 Å². The summed E-state index contributed by atoms with van der Waals surface area (Å²) in [5, 5.41) is 0. The van der Waals surface area contributed by atoms with Crippen LogP contribution in [0.25, 0.3) is 0 Å². The van der Waals surface area contributed by atoms with Gasteiger partial charge in [-0.2, -0.15) is 0 Å². The Bertz CT molecular complexity index is 999. The quantitative estimate of drug-likeness (QED) is 0.587. The van der Waals surface area contributed by atoms with Crippen LogP contribution < -0.4 is 0 Å². The first-order valence-electron chi connectivity index (χ1n) is 11.2. The third-order valence-corrected chi connectivity index (χ3v) is 8.77. The van der Waals surface area contributed by atoms with Gasteiger partial charge < -0.3 is 4.90 Å². The van der Waals surface area contributed by atoms with Crippen LogP contribution in [0.2, 0.25) is 0 Å². The van der Waals surface area contributed by atoms with Crippen LogP contribution in [-0.2, 0) is 27.1 Å². The lowest BCUT2D eigenvalue weighted by Gasteiger charge is -2.38. The van der Waals surface area contributed by atoms with E-state index < -0.39 is 10.0 Å². The first kappa shape index (κ1) is 23.4. The summed E-state index contributed by atoms with van der Waals surface area (Å²) in [5.41, 5.74) is 2.07. The second kappa shape index (κ2) is 10.5. The molecule has 0 atom stereocenters. The average molecular weight is 520 g/mol. The summed E-state index contributed by atoms with van der Waals surface area (Å²) in [4.78, 5) is 17.4. The molecule has 0 aromatic heterocycles. The van der Waals surface area contributed by atoms with Crippen molar-refractivity contribution < 1.29 is 13.2 Å². The highest BCUT2D eigenvalue weighted by Gasteiger charge is 2.34. The topological polar surface area (TPSA) is 60.9 Å². The lowest BCUT2D eigenvalue weighted by molar-refractivity contribution is -0.138. The van der Waals surface area contributed by atoms with Crippen LogP contribution in [0, 0.1) is 5.92 Å². The normalized spacial score (nSPS) is 19.2. The number of halogens is 1. The molecule has 4 rings (SSSR count). The van der Waals surface area contributed by atoms with Crippen LogP contribution in [-0.4, -0.2) is 67.7 Å². The predicted molar refractivity (Wildman–Crippen MR) is 129 cm³/mol. The first-order valence-corrected chi connectivity index (χ1v) is 13.6. The van der Waals surface area contributed by atoms with Gasteiger partial charge in [0.2, 0.25) is 15.9 Å². The molecule has 2 fully saturated rings. The van der Waals surface area contributed by atoms with Crippen LogP contribution >= 0.6 is 15.9 Å². The average Bonchev–Trinajstić information content (AvgIpc) is 2.81. The molecule has 0 bridgehead atoms. The van der Waals surface area contributed by atoms with Gasteiger partial charge >= 0.3 is 0 Å². The maximum Gasteiger partial charge on any atom is 0.225 e. The summed E-state index contributed by atoms with van der Waals surface area (Å²) in [5.74, 6) is 0.117. The van der Waals surface area contributed by atoms with Crippen molar-refractivity contribution in [1.82, 2.24) is 14.1 Å². The summed E-state index contributed by atoms with van der Waals surface area (Å²) >= 11 is 3.37. The SMILES string of the molecule is O=C(C1CCN(S(=O)(=O)Cc2ccc(Br)cc2)CC1)N1CCN(Cc2ccccc2)CC1. The minimum atomic E-state index is -3.37. The van der Waals surface area contributed by atoms with Crippen molar-refractivity contribution in [3.8, 4) is 0 Å². The molecule has 0 N–H and O–H groups in total. The van der Waals surface area contributed by atoms with E-state index in [1.165, 1.54) is 5.56 Å². The van der Waals surface area contributed by atoms with Crippen LogP contribution in [0.3, 0.4) is 0 Å². The van der Waals surface area contributed by atoms with Gasteiger partial charge in [-0.25, -0.2) is 12.7 Å².